The summed E-state index contributed by atoms with van der Waals surface area (Å²) in [5, 5.41) is 10.4. The highest BCUT2D eigenvalue weighted by atomic mass is 16.2. The number of amides is 1. The molecule has 0 saturated carbocycles. The van der Waals surface area contributed by atoms with E-state index < -0.39 is 0 Å². The second kappa shape index (κ2) is 6.55. The van der Waals surface area contributed by atoms with Crippen LogP contribution in [0.1, 0.15) is 5.56 Å². The third-order valence-corrected chi connectivity index (χ3v) is 4.77. The van der Waals surface area contributed by atoms with Gasteiger partial charge in [0.25, 0.3) is 0 Å². The van der Waals surface area contributed by atoms with Gasteiger partial charge < -0.3 is 14.4 Å². The molecule has 3 aromatic rings. The number of carbonyl (C=O) groups excluding carboxylic acids is 1. The number of fused-ring (bicyclic) bond motifs is 1. The molecule has 6 nitrogen and oxygen atoms in total. The Hall–Kier alpha value is -2.89. The van der Waals surface area contributed by atoms with Crippen LogP contribution >= 0.6 is 0 Å². The molecular weight excluding hydrogens is 314 g/mol. The summed E-state index contributed by atoms with van der Waals surface area (Å²) >= 11 is 0. The lowest BCUT2D eigenvalue weighted by Crippen LogP contribution is -2.49. The average molecular weight is 335 g/mol. The molecule has 0 spiro atoms. The number of aryl methyl sites for hydroxylation is 1. The second-order valence-corrected chi connectivity index (χ2v) is 6.47. The minimum atomic E-state index is 0.188. The van der Waals surface area contributed by atoms with Crippen LogP contribution in [0, 0.1) is 0 Å². The maximum absolute atomic E-state index is 12.6. The SMILES string of the molecule is Cn1cnnc1N1CCN(C(=O)Cc2ccc3ccccc3c2)CC1. The van der Waals surface area contributed by atoms with Crippen molar-refractivity contribution in [1.82, 2.24) is 19.7 Å². The predicted octanol–water partition coefficient (Wildman–Crippen LogP) is 1.86. The topological polar surface area (TPSA) is 54.3 Å². The first-order valence-corrected chi connectivity index (χ1v) is 8.55. The lowest BCUT2D eigenvalue weighted by Gasteiger charge is -2.35. The number of piperazine rings is 1. The van der Waals surface area contributed by atoms with Crippen molar-refractivity contribution < 1.29 is 4.79 Å². The molecule has 1 fully saturated rings. The van der Waals surface area contributed by atoms with Gasteiger partial charge in [-0.1, -0.05) is 42.5 Å². The Kier molecular flexibility index (Phi) is 4.09. The van der Waals surface area contributed by atoms with Crippen molar-refractivity contribution in [3.05, 3.63) is 54.4 Å². The lowest BCUT2D eigenvalue weighted by atomic mass is 10.0. The summed E-state index contributed by atoms with van der Waals surface area (Å²) in [5.74, 6) is 1.05. The monoisotopic (exact) mass is 335 g/mol. The van der Waals surface area contributed by atoms with Gasteiger partial charge in [-0.05, 0) is 16.3 Å². The molecule has 0 unspecified atom stereocenters. The molecule has 1 aromatic heterocycles. The van der Waals surface area contributed by atoms with Crippen LogP contribution in [0.25, 0.3) is 10.8 Å². The molecule has 0 radical (unpaired) electrons. The number of aromatic nitrogens is 3. The van der Waals surface area contributed by atoms with Gasteiger partial charge in [-0.3, -0.25) is 4.79 Å². The van der Waals surface area contributed by atoms with Gasteiger partial charge in [0, 0.05) is 33.2 Å². The Morgan fingerprint density at radius 2 is 1.80 bits per heavy atom. The number of nitrogens with zero attached hydrogens (tertiary/aromatic N) is 5. The van der Waals surface area contributed by atoms with Gasteiger partial charge in [-0.15, -0.1) is 10.2 Å². The van der Waals surface area contributed by atoms with Crippen molar-refractivity contribution >= 4 is 22.6 Å². The highest BCUT2D eigenvalue weighted by Crippen LogP contribution is 2.17. The standard InChI is InChI=1S/C19H21N5O/c1-22-14-20-21-19(22)24-10-8-23(9-11-24)18(25)13-15-6-7-16-4-2-3-5-17(16)12-15/h2-7,12,14H,8-11,13H2,1H3. The van der Waals surface area contributed by atoms with Gasteiger partial charge in [0.1, 0.15) is 6.33 Å². The number of hydrogen-bond acceptors (Lipinski definition) is 4. The molecular formula is C19H21N5O. The Labute approximate surface area is 146 Å². The van der Waals surface area contributed by atoms with Crippen LogP contribution in [0.2, 0.25) is 0 Å². The maximum atomic E-state index is 12.6. The summed E-state index contributed by atoms with van der Waals surface area (Å²) in [7, 11) is 1.94. The first kappa shape index (κ1) is 15.6. The van der Waals surface area contributed by atoms with Crippen molar-refractivity contribution in [3.63, 3.8) is 0 Å². The van der Waals surface area contributed by atoms with Crippen LogP contribution in [0.4, 0.5) is 5.95 Å². The first-order chi connectivity index (χ1) is 12.2. The fraction of sp³-hybridized carbons (Fsp3) is 0.316. The minimum Gasteiger partial charge on any atom is -0.339 e. The minimum absolute atomic E-state index is 0.188. The van der Waals surface area contributed by atoms with E-state index in [2.05, 4.69) is 45.4 Å². The van der Waals surface area contributed by atoms with E-state index in [1.165, 1.54) is 10.8 Å². The van der Waals surface area contributed by atoms with E-state index in [0.29, 0.717) is 6.42 Å². The van der Waals surface area contributed by atoms with Crippen molar-refractivity contribution in [1.29, 1.82) is 0 Å². The number of carbonyl (C=O) groups is 1. The van der Waals surface area contributed by atoms with Gasteiger partial charge in [0.15, 0.2) is 0 Å². The number of benzene rings is 2. The number of rotatable bonds is 3. The van der Waals surface area contributed by atoms with Crippen molar-refractivity contribution in [2.45, 2.75) is 6.42 Å². The molecule has 1 amide bonds. The molecule has 0 atom stereocenters. The third kappa shape index (κ3) is 3.20. The molecule has 1 aliphatic rings. The molecule has 0 bridgehead atoms. The zero-order valence-corrected chi connectivity index (χ0v) is 14.3. The third-order valence-electron chi connectivity index (χ3n) is 4.77. The molecule has 25 heavy (non-hydrogen) atoms. The van der Waals surface area contributed by atoms with Crippen LogP contribution in [0.3, 0.4) is 0 Å². The number of anilines is 1. The van der Waals surface area contributed by atoms with E-state index >= 15 is 0 Å². The Bertz CT molecular complexity index is 895. The highest BCUT2D eigenvalue weighted by Gasteiger charge is 2.23. The zero-order valence-electron chi connectivity index (χ0n) is 14.3. The van der Waals surface area contributed by atoms with Gasteiger partial charge in [0.05, 0.1) is 6.42 Å². The molecule has 2 aromatic carbocycles. The zero-order chi connectivity index (χ0) is 17.2. The second-order valence-electron chi connectivity index (χ2n) is 6.47. The van der Waals surface area contributed by atoms with Crippen molar-refractivity contribution in [3.8, 4) is 0 Å². The summed E-state index contributed by atoms with van der Waals surface area (Å²) in [6.45, 7) is 3.02. The molecule has 128 valence electrons. The van der Waals surface area contributed by atoms with E-state index in [4.69, 9.17) is 0 Å². The lowest BCUT2D eigenvalue weighted by molar-refractivity contribution is -0.130. The van der Waals surface area contributed by atoms with E-state index in [9.17, 15) is 4.79 Å². The smallest absolute Gasteiger partial charge is 0.227 e. The summed E-state index contributed by atoms with van der Waals surface area (Å²) in [4.78, 5) is 16.8. The van der Waals surface area contributed by atoms with Gasteiger partial charge in [-0.25, -0.2) is 0 Å². The van der Waals surface area contributed by atoms with Crippen LogP contribution in [0.15, 0.2) is 48.8 Å². The van der Waals surface area contributed by atoms with E-state index in [-0.39, 0.29) is 5.91 Å². The number of hydrogen-bond donors (Lipinski definition) is 0. The largest absolute Gasteiger partial charge is 0.339 e. The molecule has 6 heteroatoms. The fourth-order valence-electron chi connectivity index (χ4n) is 3.35. The Morgan fingerprint density at radius 1 is 1.04 bits per heavy atom. The van der Waals surface area contributed by atoms with Crippen LogP contribution in [0.5, 0.6) is 0 Å². The summed E-state index contributed by atoms with van der Waals surface area (Å²) in [5.41, 5.74) is 1.07. The van der Waals surface area contributed by atoms with Crippen LogP contribution in [-0.2, 0) is 18.3 Å². The van der Waals surface area contributed by atoms with Crippen LogP contribution < -0.4 is 4.90 Å². The normalized spacial score (nSPS) is 14.9. The summed E-state index contributed by atoms with van der Waals surface area (Å²) < 4.78 is 1.91. The van der Waals surface area contributed by atoms with E-state index in [0.717, 1.165) is 37.7 Å². The molecule has 0 N–H and O–H groups in total. The van der Waals surface area contributed by atoms with E-state index in [1.807, 2.05) is 28.6 Å². The van der Waals surface area contributed by atoms with Crippen molar-refractivity contribution in [2.24, 2.45) is 7.05 Å². The first-order valence-electron chi connectivity index (χ1n) is 8.55. The van der Waals surface area contributed by atoms with Crippen molar-refractivity contribution in [2.75, 3.05) is 31.1 Å². The summed E-state index contributed by atoms with van der Waals surface area (Å²) in [6, 6.07) is 14.5. The molecule has 1 saturated heterocycles. The Balaban J connectivity index is 1.39. The maximum Gasteiger partial charge on any atom is 0.227 e. The van der Waals surface area contributed by atoms with E-state index in [1.54, 1.807) is 6.33 Å². The average Bonchev–Trinajstić information content (AvgIpc) is 3.08. The molecule has 1 aliphatic heterocycles. The quantitative estimate of drug-likeness (QED) is 0.733. The molecule has 4 rings (SSSR count). The predicted molar refractivity (Wildman–Crippen MR) is 97.4 cm³/mol. The fourth-order valence-corrected chi connectivity index (χ4v) is 3.35. The van der Waals surface area contributed by atoms with Gasteiger partial charge >= 0.3 is 0 Å². The van der Waals surface area contributed by atoms with Gasteiger partial charge in [0.2, 0.25) is 11.9 Å². The summed E-state index contributed by atoms with van der Waals surface area (Å²) in [6.07, 6.45) is 2.15. The van der Waals surface area contributed by atoms with Crippen LogP contribution in [-0.4, -0.2) is 51.8 Å². The Morgan fingerprint density at radius 3 is 2.52 bits per heavy atom. The molecule has 0 aliphatic carbocycles. The highest BCUT2D eigenvalue weighted by molar-refractivity contribution is 5.85. The van der Waals surface area contributed by atoms with Gasteiger partial charge in [-0.2, -0.15) is 0 Å². The molecule has 2 heterocycles.